The Morgan fingerprint density at radius 2 is 1.38 bits per heavy atom. The Kier molecular flexibility index (Phi) is 5.01. The molecule has 0 amide bonds. The molecular weight excluding hydrogens is 304 g/mol. The lowest BCUT2D eigenvalue weighted by Gasteiger charge is -2.28. The molecule has 3 rings (SSSR count). The molecule has 4 atom stereocenters. The summed E-state index contributed by atoms with van der Waals surface area (Å²) in [7, 11) is 1.65. The normalized spacial score (nSPS) is 25.3. The second kappa shape index (κ2) is 7.03. The molecule has 0 unspecified atom stereocenters. The van der Waals surface area contributed by atoms with Crippen LogP contribution in [-0.4, -0.2) is 30.2 Å². The minimum Gasteiger partial charge on any atom is -0.386 e. The molecule has 1 N–H and O–H groups in total. The van der Waals surface area contributed by atoms with Gasteiger partial charge in [0.1, 0.15) is 24.4 Å². The fraction of sp³-hybridized carbons (Fsp3) is 0.400. The molecular formula is C20H24O4. The number of hydrogen-bond donors (Lipinski definition) is 1. The second-order valence-electron chi connectivity index (χ2n) is 6.49. The zero-order valence-electron chi connectivity index (χ0n) is 14.3. The lowest BCUT2D eigenvalue weighted by Crippen LogP contribution is -2.35. The minimum atomic E-state index is -0.792. The summed E-state index contributed by atoms with van der Waals surface area (Å²) in [5.41, 5.74) is 1.80. The Morgan fingerprint density at radius 1 is 0.875 bits per heavy atom. The molecule has 24 heavy (non-hydrogen) atoms. The van der Waals surface area contributed by atoms with Crippen molar-refractivity contribution in [2.75, 3.05) is 7.11 Å². The van der Waals surface area contributed by atoms with Gasteiger partial charge in [-0.15, -0.1) is 0 Å². The van der Waals surface area contributed by atoms with E-state index in [1.807, 2.05) is 74.5 Å². The van der Waals surface area contributed by atoms with Gasteiger partial charge in [-0.25, -0.2) is 0 Å². The van der Waals surface area contributed by atoms with Gasteiger partial charge in [-0.05, 0) is 25.0 Å². The predicted molar refractivity (Wildman–Crippen MR) is 91.4 cm³/mol. The Balaban J connectivity index is 1.91. The van der Waals surface area contributed by atoms with Crippen LogP contribution < -0.4 is 0 Å². The van der Waals surface area contributed by atoms with E-state index in [9.17, 15) is 5.11 Å². The number of hydrogen-bond acceptors (Lipinski definition) is 4. The van der Waals surface area contributed by atoms with E-state index in [-0.39, 0.29) is 6.10 Å². The summed E-state index contributed by atoms with van der Waals surface area (Å²) in [5.74, 6) is -0.781. The van der Waals surface area contributed by atoms with Crippen molar-refractivity contribution in [3.05, 3.63) is 71.8 Å². The monoisotopic (exact) mass is 328 g/mol. The van der Waals surface area contributed by atoms with E-state index in [0.29, 0.717) is 0 Å². The molecule has 0 radical (unpaired) electrons. The number of rotatable bonds is 5. The molecule has 1 saturated heterocycles. The maximum Gasteiger partial charge on any atom is 0.164 e. The van der Waals surface area contributed by atoms with Gasteiger partial charge in [0.15, 0.2) is 5.79 Å². The summed E-state index contributed by atoms with van der Waals surface area (Å²) in [5, 5.41) is 10.9. The molecule has 128 valence electrons. The number of aliphatic hydroxyl groups excluding tert-OH is 1. The summed E-state index contributed by atoms with van der Waals surface area (Å²) >= 11 is 0. The molecule has 1 aliphatic rings. The van der Waals surface area contributed by atoms with E-state index < -0.39 is 24.1 Å². The molecule has 2 aromatic rings. The van der Waals surface area contributed by atoms with Gasteiger partial charge in [0.25, 0.3) is 0 Å². The van der Waals surface area contributed by atoms with Gasteiger partial charge >= 0.3 is 0 Å². The zero-order chi connectivity index (χ0) is 17.2. The summed E-state index contributed by atoms with van der Waals surface area (Å²) in [4.78, 5) is 0. The van der Waals surface area contributed by atoms with E-state index >= 15 is 0 Å². The molecule has 0 aliphatic carbocycles. The summed E-state index contributed by atoms with van der Waals surface area (Å²) in [6, 6.07) is 19.4. The first-order valence-electron chi connectivity index (χ1n) is 8.18. The highest BCUT2D eigenvalue weighted by molar-refractivity contribution is 5.23. The highest BCUT2D eigenvalue weighted by Gasteiger charge is 2.49. The predicted octanol–water partition coefficient (Wildman–Crippen LogP) is 3.63. The van der Waals surface area contributed by atoms with Crippen LogP contribution in [0.1, 0.15) is 37.2 Å². The average molecular weight is 328 g/mol. The van der Waals surface area contributed by atoms with Crippen LogP contribution in [0.5, 0.6) is 0 Å². The van der Waals surface area contributed by atoms with Crippen LogP contribution in [0, 0.1) is 0 Å². The van der Waals surface area contributed by atoms with Gasteiger partial charge in [0, 0.05) is 7.11 Å². The van der Waals surface area contributed by atoms with E-state index in [2.05, 4.69) is 0 Å². The van der Waals surface area contributed by atoms with Crippen molar-refractivity contribution in [2.45, 2.75) is 44.1 Å². The Labute approximate surface area is 143 Å². The molecule has 1 fully saturated rings. The van der Waals surface area contributed by atoms with Gasteiger partial charge in [0.05, 0.1) is 0 Å². The van der Waals surface area contributed by atoms with Crippen molar-refractivity contribution in [2.24, 2.45) is 0 Å². The third-order valence-electron chi connectivity index (χ3n) is 4.30. The van der Waals surface area contributed by atoms with Crippen LogP contribution in [0.2, 0.25) is 0 Å². The van der Waals surface area contributed by atoms with Crippen LogP contribution >= 0.6 is 0 Å². The quantitative estimate of drug-likeness (QED) is 0.910. The number of benzene rings is 2. The van der Waals surface area contributed by atoms with Gasteiger partial charge in [-0.2, -0.15) is 0 Å². The summed E-state index contributed by atoms with van der Waals surface area (Å²) in [6.45, 7) is 3.71. The van der Waals surface area contributed by atoms with Gasteiger partial charge in [-0.3, -0.25) is 0 Å². The third-order valence-corrected chi connectivity index (χ3v) is 4.30. The first-order valence-corrected chi connectivity index (χ1v) is 8.18. The third kappa shape index (κ3) is 3.52. The van der Waals surface area contributed by atoms with Crippen LogP contribution in [0.3, 0.4) is 0 Å². The Hall–Kier alpha value is -1.72. The highest BCUT2D eigenvalue weighted by atomic mass is 16.8. The molecule has 0 saturated carbocycles. The zero-order valence-corrected chi connectivity index (χ0v) is 14.3. The Bertz CT molecular complexity index is 641. The van der Waals surface area contributed by atoms with Crippen LogP contribution in [0.4, 0.5) is 0 Å². The topological polar surface area (TPSA) is 47.9 Å². The molecule has 1 aliphatic heterocycles. The fourth-order valence-electron chi connectivity index (χ4n) is 3.24. The summed E-state index contributed by atoms with van der Waals surface area (Å²) in [6.07, 6.45) is -2.05. The first kappa shape index (κ1) is 17.1. The van der Waals surface area contributed by atoms with Crippen molar-refractivity contribution >= 4 is 0 Å². The van der Waals surface area contributed by atoms with Gasteiger partial charge in [-0.1, -0.05) is 60.7 Å². The van der Waals surface area contributed by atoms with Crippen molar-refractivity contribution in [1.29, 1.82) is 0 Å². The maximum absolute atomic E-state index is 10.9. The largest absolute Gasteiger partial charge is 0.386 e. The molecule has 1 heterocycles. The molecule has 0 bridgehead atoms. The van der Waals surface area contributed by atoms with Crippen LogP contribution in [-0.2, 0) is 14.2 Å². The van der Waals surface area contributed by atoms with Gasteiger partial charge in [0.2, 0.25) is 0 Å². The number of ether oxygens (including phenoxy) is 3. The highest BCUT2D eigenvalue weighted by Crippen LogP contribution is 2.41. The molecule has 0 aromatic heterocycles. The molecule has 0 spiro atoms. The van der Waals surface area contributed by atoms with E-state index in [1.54, 1.807) is 7.11 Å². The lowest BCUT2D eigenvalue weighted by atomic mass is 9.94. The van der Waals surface area contributed by atoms with Crippen molar-refractivity contribution in [1.82, 2.24) is 0 Å². The SMILES string of the molecule is CO[C@H](c1ccccc1)[C@@H]1OC(C)(C)O[C@H]1[C@H](O)c1ccccc1. The molecule has 4 heteroatoms. The first-order chi connectivity index (χ1) is 11.5. The van der Waals surface area contributed by atoms with E-state index in [1.165, 1.54) is 0 Å². The standard InChI is InChI=1S/C20H24O4/c1-20(2)23-18(16(21)14-10-6-4-7-11-14)19(24-20)17(22-3)15-12-8-5-9-13-15/h4-13,16-19,21H,1-3H3/t16-,17-,18+,19+/m1/s1. The van der Waals surface area contributed by atoms with Crippen LogP contribution in [0.15, 0.2) is 60.7 Å². The summed E-state index contributed by atoms with van der Waals surface area (Å²) < 4.78 is 17.8. The smallest absolute Gasteiger partial charge is 0.164 e. The lowest BCUT2D eigenvalue weighted by molar-refractivity contribution is -0.162. The molecule has 4 nitrogen and oxygen atoms in total. The van der Waals surface area contributed by atoms with E-state index in [4.69, 9.17) is 14.2 Å². The minimum absolute atomic E-state index is 0.323. The second-order valence-corrected chi connectivity index (χ2v) is 6.49. The van der Waals surface area contributed by atoms with E-state index in [0.717, 1.165) is 11.1 Å². The van der Waals surface area contributed by atoms with Crippen molar-refractivity contribution < 1.29 is 19.3 Å². The van der Waals surface area contributed by atoms with Crippen molar-refractivity contribution in [3.8, 4) is 0 Å². The van der Waals surface area contributed by atoms with Gasteiger partial charge < -0.3 is 19.3 Å². The average Bonchev–Trinajstić information content (AvgIpc) is 2.92. The van der Waals surface area contributed by atoms with Crippen molar-refractivity contribution in [3.63, 3.8) is 0 Å². The Morgan fingerprint density at radius 3 is 1.92 bits per heavy atom. The molecule has 2 aromatic carbocycles. The number of aliphatic hydroxyl groups is 1. The fourth-order valence-corrected chi connectivity index (χ4v) is 3.24. The van der Waals surface area contributed by atoms with Crippen LogP contribution in [0.25, 0.3) is 0 Å². The maximum atomic E-state index is 10.9. The number of methoxy groups -OCH3 is 1.